The minimum Gasteiger partial charge on any atom is -0.448 e. The molecule has 0 aromatic rings. The second-order valence-corrected chi connectivity index (χ2v) is 4.33. The molecule has 18 heavy (non-hydrogen) atoms. The van der Waals surface area contributed by atoms with Crippen LogP contribution in [0.3, 0.4) is 0 Å². The van der Waals surface area contributed by atoms with Gasteiger partial charge in [0, 0.05) is 12.2 Å². The number of allylic oxidation sites excluding steroid dienone is 1. The number of aliphatic imine (C=N–C) groups is 1. The van der Waals surface area contributed by atoms with Crippen molar-refractivity contribution in [2.75, 3.05) is 6.61 Å². The van der Waals surface area contributed by atoms with E-state index in [9.17, 15) is 9.59 Å². The molecule has 0 heterocycles. The van der Waals surface area contributed by atoms with Crippen LogP contribution < -0.4 is 5.32 Å². The van der Waals surface area contributed by atoms with Crippen LogP contribution in [-0.4, -0.2) is 24.4 Å². The average molecular weight is 272 g/mol. The van der Waals surface area contributed by atoms with E-state index in [1.807, 2.05) is 0 Å². The van der Waals surface area contributed by atoms with E-state index in [-0.39, 0.29) is 11.7 Å². The van der Waals surface area contributed by atoms with Gasteiger partial charge in [-0.25, -0.2) is 4.79 Å². The maximum atomic E-state index is 11.4. The molecule has 6 heteroatoms. The fourth-order valence-electron chi connectivity index (χ4n) is 1.10. The Hall–Kier alpha value is -1.22. The molecule has 0 aliphatic heterocycles. The van der Waals surface area contributed by atoms with Crippen molar-refractivity contribution in [2.24, 2.45) is 4.99 Å². The minimum atomic E-state index is -0.684. The zero-order valence-electron chi connectivity index (χ0n) is 11.2. The highest BCUT2D eigenvalue weighted by atomic mass is 31.0. The van der Waals surface area contributed by atoms with Crippen LogP contribution in [0.15, 0.2) is 16.4 Å². The Bertz CT molecular complexity index is 351. The number of amides is 2. The van der Waals surface area contributed by atoms with Gasteiger partial charge >= 0.3 is 6.09 Å². The number of hydrogen-bond acceptors (Lipinski definition) is 3. The lowest BCUT2D eigenvalue weighted by atomic mass is 10.3. The third kappa shape index (κ3) is 7.96. The molecule has 0 aliphatic carbocycles. The quantitative estimate of drug-likeness (QED) is 0.362. The third-order valence-electron chi connectivity index (χ3n) is 2.06. The Morgan fingerprint density at radius 3 is 2.56 bits per heavy atom. The molecule has 0 saturated carbocycles. The third-order valence-corrected chi connectivity index (χ3v) is 2.66. The summed E-state index contributed by atoms with van der Waals surface area (Å²) in [6, 6.07) is 0. The Balaban J connectivity index is 4.44. The van der Waals surface area contributed by atoms with Gasteiger partial charge in [0.15, 0.2) is 0 Å². The Kier molecular flexibility index (Phi) is 9.11. The number of ether oxygens (including phenoxy) is 1. The minimum absolute atomic E-state index is 0.204. The molecule has 2 amide bonds. The molecule has 0 radical (unpaired) electrons. The number of rotatable bonds is 5. The van der Waals surface area contributed by atoms with Crippen molar-refractivity contribution in [3.05, 3.63) is 11.4 Å². The summed E-state index contributed by atoms with van der Waals surface area (Å²) in [6.07, 6.45) is 3.94. The van der Waals surface area contributed by atoms with Crippen LogP contribution in [0.1, 0.15) is 40.0 Å². The summed E-state index contributed by atoms with van der Waals surface area (Å²) in [5, 5.41) is 3.12. The van der Waals surface area contributed by atoms with Crippen molar-refractivity contribution < 1.29 is 14.3 Å². The van der Waals surface area contributed by atoms with Gasteiger partial charge in [0.05, 0.1) is 6.61 Å². The van der Waals surface area contributed by atoms with Crippen LogP contribution in [0.5, 0.6) is 0 Å². The molecule has 0 saturated heterocycles. The predicted octanol–water partition coefficient (Wildman–Crippen LogP) is 2.63. The van der Waals surface area contributed by atoms with Gasteiger partial charge in [0.25, 0.3) is 0 Å². The molecule has 1 atom stereocenters. The summed E-state index contributed by atoms with van der Waals surface area (Å²) in [5.74, 6) is -0.0789. The van der Waals surface area contributed by atoms with Crippen LogP contribution in [0.2, 0.25) is 0 Å². The number of hydrogen-bond donors (Lipinski definition) is 1. The number of amidine groups is 1. The molecule has 5 nitrogen and oxygen atoms in total. The summed E-state index contributed by atoms with van der Waals surface area (Å²) in [6.45, 7) is 5.56. The molecule has 1 N–H and O–H groups in total. The lowest BCUT2D eigenvalue weighted by Crippen LogP contribution is -2.29. The van der Waals surface area contributed by atoms with E-state index in [0.29, 0.717) is 11.9 Å². The van der Waals surface area contributed by atoms with Crippen molar-refractivity contribution in [1.29, 1.82) is 0 Å². The van der Waals surface area contributed by atoms with E-state index in [1.54, 1.807) is 13.0 Å². The van der Waals surface area contributed by atoms with Gasteiger partial charge in [-0.2, -0.15) is 4.99 Å². The van der Waals surface area contributed by atoms with Gasteiger partial charge in [-0.15, -0.1) is 9.24 Å². The molecular weight excluding hydrogens is 251 g/mol. The van der Waals surface area contributed by atoms with Crippen molar-refractivity contribution >= 4 is 27.1 Å². The molecule has 0 aromatic heterocycles. The van der Waals surface area contributed by atoms with Crippen molar-refractivity contribution in [1.82, 2.24) is 5.32 Å². The summed E-state index contributed by atoms with van der Waals surface area (Å²) in [4.78, 5) is 26.1. The first kappa shape index (κ1) is 16.8. The molecule has 0 bridgehead atoms. The van der Waals surface area contributed by atoms with Crippen molar-refractivity contribution in [2.45, 2.75) is 40.0 Å². The van der Waals surface area contributed by atoms with E-state index in [4.69, 9.17) is 4.74 Å². The zero-order valence-corrected chi connectivity index (χ0v) is 12.3. The van der Waals surface area contributed by atoms with Gasteiger partial charge in [-0.05, 0) is 13.3 Å². The van der Waals surface area contributed by atoms with Crippen molar-refractivity contribution in [3.8, 4) is 0 Å². The summed E-state index contributed by atoms with van der Waals surface area (Å²) < 4.78 is 4.94. The molecule has 0 aliphatic rings. The molecular formula is C12H21N2O3P. The maximum Gasteiger partial charge on any atom is 0.435 e. The van der Waals surface area contributed by atoms with Crippen LogP contribution in [-0.2, 0) is 9.53 Å². The Morgan fingerprint density at radius 1 is 1.39 bits per heavy atom. The monoisotopic (exact) mass is 272 g/mol. The highest BCUT2D eigenvalue weighted by Crippen LogP contribution is 2.07. The number of carbonyl (C=O) groups excluding carboxylic acids is 2. The molecule has 1 unspecified atom stereocenters. The lowest BCUT2D eigenvalue weighted by Gasteiger charge is -2.06. The first-order chi connectivity index (χ1) is 8.51. The van der Waals surface area contributed by atoms with Crippen molar-refractivity contribution in [3.63, 3.8) is 0 Å². The van der Waals surface area contributed by atoms with Gasteiger partial charge in [0.2, 0.25) is 5.91 Å². The van der Waals surface area contributed by atoms with E-state index in [0.717, 1.165) is 19.3 Å². The van der Waals surface area contributed by atoms with Crippen LogP contribution in [0.25, 0.3) is 0 Å². The van der Waals surface area contributed by atoms with Gasteiger partial charge in [-0.1, -0.05) is 25.8 Å². The Morgan fingerprint density at radius 2 is 2.06 bits per heavy atom. The standard InChI is InChI=1S/C12H21N2O3P/c1-4-6-7-8-17-12(16)14-11(10(18)5-2)13-9(3)15/h5H,4,6-8,18H2,1-3H3,(H,13,14,15,16)/b10-5+. The fourth-order valence-corrected chi connectivity index (χ4v) is 1.24. The largest absolute Gasteiger partial charge is 0.448 e. The summed E-state index contributed by atoms with van der Waals surface area (Å²) in [7, 11) is 2.40. The van der Waals surface area contributed by atoms with E-state index in [2.05, 4.69) is 26.5 Å². The highest BCUT2D eigenvalue weighted by Gasteiger charge is 2.08. The second-order valence-electron chi connectivity index (χ2n) is 3.71. The first-order valence-corrected chi connectivity index (χ1v) is 6.54. The van der Waals surface area contributed by atoms with Crippen LogP contribution >= 0.6 is 9.24 Å². The van der Waals surface area contributed by atoms with E-state index in [1.165, 1.54) is 6.92 Å². The summed E-state index contributed by atoms with van der Waals surface area (Å²) >= 11 is 0. The zero-order chi connectivity index (χ0) is 14.0. The number of carbonyl (C=O) groups is 2. The first-order valence-electron chi connectivity index (χ1n) is 5.96. The van der Waals surface area contributed by atoms with Crippen LogP contribution in [0, 0.1) is 0 Å². The summed E-state index contributed by atoms with van der Waals surface area (Å²) in [5.41, 5.74) is 0. The molecule has 0 aromatic carbocycles. The lowest BCUT2D eigenvalue weighted by molar-refractivity contribution is -0.117. The molecule has 0 rings (SSSR count). The number of nitrogens with one attached hydrogen (secondary N) is 1. The number of nitrogens with zero attached hydrogens (tertiary/aromatic N) is 1. The van der Waals surface area contributed by atoms with Gasteiger partial charge < -0.3 is 10.1 Å². The smallest absolute Gasteiger partial charge is 0.435 e. The van der Waals surface area contributed by atoms with Gasteiger partial charge in [-0.3, -0.25) is 4.79 Å². The van der Waals surface area contributed by atoms with E-state index < -0.39 is 6.09 Å². The molecule has 0 spiro atoms. The number of unbranched alkanes of at least 4 members (excludes halogenated alkanes) is 2. The van der Waals surface area contributed by atoms with E-state index >= 15 is 0 Å². The highest BCUT2D eigenvalue weighted by molar-refractivity contribution is 7.25. The fraction of sp³-hybridized carbons (Fsp3) is 0.583. The Labute approximate surface area is 110 Å². The normalized spacial score (nSPS) is 12.2. The average Bonchev–Trinajstić information content (AvgIpc) is 2.32. The predicted molar refractivity (Wildman–Crippen MR) is 75.6 cm³/mol. The molecule has 102 valence electrons. The van der Waals surface area contributed by atoms with Crippen LogP contribution in [0.4, 0.5) is 4.79 Å². The maximum absolute atomic E-state index is 11.4. The molecule has 0 fully saturated rings. The topological polar surface area (TPSA) is 67.8 Å². The second kappa shape index (κ2) is 9.77. The van der Waals surface area contributed by atoms with Gasteiger partial charge in [0.1, 0.15) is 5.84 Å². The SMILES string of the molecule is C/C=C(P)\C(=N/C(=O)OCCCCC)NC(C)=O.